The summed E-state index contributed by atoms with van der Waals surface area (Å²) in [7, 11) is 0. The van der Waals surface area contributed by atoms with Crippen LogP contribution in [0.5, 0.6) is 0 Å². The average molecular weight is 248 g/mol. The summed E-state index contributed by atoms with van der Waals surface area (Å²) in [4.78, 5) is 12.1. The molecule has 98 valence electrons. The lowest BCUT2D eigenvalue weighted by molar-refractivity contribution is -0.129. The molecule has 1 fully saturated rings. The summed E-state index contributed by atoms with van der Waals surface area (Å²) < 4.78 is 0. The molecule has 0 radical (unpaired) electrons. The molecule has 0 aliphatic carbocycles. The molecule has 1 heterocycles. The molecule has 1 amide bonds. The zero-order valence-corrected chi connectivity index (χ0v) is 10.4. The quantitative estimate of drug-likeness (QED) is 0.708. The molecule has 4 nitrogen and oxygen atoms in total. The van der Waals surface area contributed by atoms with Gasteiger partial charge in [0.2, 0.25) is 5.91 Å². The van der Waals surface area contributed by atoms with Gasteiger partial charge in [-0.15, -0.1) is 0 Å². The first-order valence-corrected chi connectivity index (χ1v) is 6.37. The lowest BCUT2D eigenvalue weighted by Crippen LogP contribution is -2.38. The van der Waals surface area contributed by atoms with Gasteiger partial charge in [0, 0.05) is 13.1 Å². The van der Waals surface area contributed by atoms with Crippen LogP contribution < -0.4 is 11.1 Å². The summed E-state index contributed by atoms with van der Waals surface area (Å²) in [6.45, 7) is 0.882. The normalized spacial score (nSPS) is 24.9. The molecule has 18 heavy (non-hydrogen) atoms. The number of amides is 1. The van der Waals surface area contributed by atoms with Crippen molar-refractivity contribution in [2.45, 2.75) is 25.4 Å². The number of hydrogen-bond acceptors (Lipinski definition) is 3. The Labute approximate surface area is 107 Å². The second-order valence-electron chi connectivity index (χ2n) is 5.04. The number of benzene rings is 1. The van der Waals surface area contributed by atoms with Crippen LogP contribution in [0.15, 0.2) is 30.3 Å². The van der Waals surface area contributed by atoms with Gasteiger partial charge in [-0.1, -0.05) is 30.3 Å². The Bertz CT molecular complexity index is 408. The summed E-state index contributed by atoms with van der Waals surface area (Å²) in [5.41, 5.74) is 6.09. The molecule has 0 unspecified atom stereocenters. The third kappa shape index (κ3) is 2.71. The highest BCUT2D eigenvalue weighted by Crippen LogP contribution is 2.35. The van der Waals surface area contributed by atoms with Crippen LogP contribution in [0.2, 0.25) is 0 Å². The van der Waals surface area contributed by atoms with E-state index in [9.17, 15) is 9.90 Å². The van der Waals surface area contributed by atoms with Gasteiger partial charge in [0.1, 0.15) is 0 Å². The van der Waals surface area contributed by atoms with Crippen LogP contribution >= 0.6 is 0 Å². The molecule has 4 N–H and O–H groups in total. The van der Waals surface area contributed by atoms with Gasteiger partial charge in [0.25, 0.3) is 0 Å². The van der Waals surface area contributed by atoms with Gasteiger partial charge in [-0.05, 0) is 24.8 Å². The Balaban J connectivity index is 2.18. The molecule has 1 aromatic rings. The van der Waals surface area contributed by atoms with Crippen molar-refractivity contribution in [3.05, 3.63) is 35.9 Å². The third-order valence-corrected chi connectivity index (χ3v) is 3.65. The monoisotopic (exact) mass is 248 g/mol. The maximum atomic E-state index is 12.1. The number of nitrogens with two attached hydrogens (primary N) is 1. The fraction of sp³-hybridized carbons (Fsp3) is 0.500. The van der Waals surface area contributed by atoms with Gasteiger partial charge in [-0.2, -0.15) is 0 Å². The maximum Gasteiger partial charge on any atom is 0.226 e. The third-order valence-electron chi connectivity index (χ3n) is 3.65. The molecule has 4 heteroatoms. The van der Waals surface area contributed by atoms with Crippen molar-refractivity contribution in [2.75, 3.05) is 13.1 Å². The minimum absolute atomic E-state index is 0.0406. The number of aliphatic hydroxyl groups is 1. The molecule has 0 spiro atoms. The van der Waals surface area contributed by atoms with Gasteiger partial charge in [-0.3, -0.25) is 4.79 Å². The van der Waals surface area contributed by atoms with E-state index in [-0.39, 0.29) is 12.5 Å². The van der Waals surface area contributed by atoms with Crippen LogP contribution in [0, 0.1) is 5.41 Å². The van der Waals surface area contributed by atoms with Crippen LogP contribution in [-0.2, 0) is 11.2 Å². The first kappa shape index (κ1) is 13.1. The molecule has 2 rings (SSSR count). The van der Waals surface area contributed by atoms with Crippen molar-refractivity contribution in [1.29, 1.82) is 0 Å². The number of carbonyl (C=O) groups excluding carboxylic acids is 1. The molecular formula is C14H20N2O2. The minimum Gasteiger partial charge on any atom is -0.392 e. The lowest BCUT2D eigenvalue weighted by atomic mass is 9.75. The SMILES string of the molecule is NC[C@@H](O)C[C@]1(Cc2ccccc2)CCNC1=O. The number of hydrogen-bond donors (Lipinski definition) is 3. The van der Waals surface area contributed by atoms with Crippen LogP contribution in [0.3, 0.4) is 0 Å². The van der Waals surface area contributed by atoms with E-state index in [1.54, 1.807) is 0 Å². The minimum atomic E-state index is -0.613. The topological polar surface area (TPSA) is 75.3 Å². The van der Waals surface area contributed by atoms with E-state index < -0.39 is 11.5 Å². The second-order valence-corrected chi connectivity index (χ2v) is 5.04. The lowest BCUT2D eigenvalue weighted by Gasteiger charge is -2.28. The highest BCUT2D eigenvalue weighted by Gasteiger charge is 2.43. The molecule has 2 atom stereocenters. The maximum absolute atomic E-state index is 12.1. The van der Waals surface area contributed by atoms with Crippen molar-refractivity contribution in [3.63, 3.8) is 0 Å². The summed E-state index contributed by atoms with van der Waals surface area (Å²) in [6.07, 6.45) is 1.25. The van der Waals surface area contributed by atoms with Crippen molar-refractivity contribution in [2.24, 2.45) is 11.1 Å². The largest absolute Gasteiger partial charge is 0.392 e. The zero-order chi connectivity index (χ0) is 13.0. The highest BCUT2D eigenvalue weighted by molar-refractivity contribution is 5.85. The predicted molar refractivity (Wildman–Crippen MR) is 69.9 cm³/mol. The molecular weight excluding hydrogens is 228 g/mol. The summed E-state index contributed by atoms with van der Waals surface area (Å²) in [5.74, 6) is 0.0406. The van der Waals surface area contributed by atoms with Crippen LogP contribution in [-0.4, -0.2) is 30.2 Å². The van der Waals surface area contributed by atoms with Crippen molar-refractivity contribution in [1.82, 2.24) is 5.32 Å². The molecule has 0 saturated carbocycles. The number of aliphatic hydroxyl groups excluding tert-OH is 1. The Morgan fingerprint density at radius 3 is 2.67 bits per heavy atom. The van der Waals surface area contributed by atoms with Gasteiger partial charge < -0.3 is 16.2 Å². The Morgan fingerprint density at radius 1 is 1.39 bits per heavy atom. The number of rotatable bonds is 5. The number of carbonyl (C=O) groups is 1. The fourth-order valence-electron chi connectivity index (χ4n) is 2.67. The Hall–Kier alpha value is -1.39. The Morgan fingerprint density at radius 2 is 2.11 bits per heavy atom. The van der Waals surface area contributed by atoms with Crippen LogP contribution in [0.4, 0.5) is 0 Å². The average Bonchev–Trinajstić information content (AvgIpc) is 2.72. The summed E-state index contributed by atoms with van der Waals surface area (Å²) in [6, 6.07) is 9.93. The molecule has 0 bridgehead atoms. The van der Waals surface area contributed by atoms with Gasteiger partial charge >= 0.3 is 0 Å². The number of nitrogens with one attached hydrogen (secondary N) is 1. The van der Waals surface area contributed by atoms with Crippen molar-refractivity contribution in [3.8, 4) is 0 Å². The zero-order valence-electron chi connectivity index (χ0n) is 10.4. The summed E-state index contributed by atoms with van der Waals surface area (Å²) in [5, 5.41) is 12.6. The molecule has 1 aliphatic rings. The van der Waals surface area contributed by atoms with E-state index >= 15 is 0 Å². The van der Waals surface area contributed by atoms with Crippen LogP contribution in [0.25, 0.3) is 0 Å². The highest BCUT2D eigenvalue weighted by atomic mass is 16.3. The second kappa shape index (κ2) is 5.50. The first-order valence-electron chi connectivity index (χ1n) is 6.37. The molecule has 0 aromatic heterocycles. The van der Waals surface area contributed by atoms with Gasteiger partial charge in [0.15, 0.2) is 0 Å². The summed E-state index contributed by atoms with van der Waals surface area (Å²) >= 11 is 0. The fourth-order valence-corrected chi connectivity index (χ4v) is 2.67. The smallest absolute Gasteiger partial charge is 0.226 e. The van der Waals surface area contributed by atoms with E-state index in [0.717, 1.165) is 12.0 Å². The van der Waals surface area contributed by atoms with Crippen molar-refractivity contribution >= 4 is 5.91 Å². The van der Waals surface area contributed by atoms with Gasteiger partial charge in [-0.25, -0.2) is 0 Å². The van der Waals surface area contributed by atoms with E-state index in [1.807, 2.05) is 30.3 Å². The first-order chi connectivity index (χ1) is 8.66. The molecule has 1 aromatic carbocycles. The van der Waals surface area contributed by atoms with E-state index in [0.29, 0.717) is 19.4 Å². The Kier molecular flexibility index (Phi) is 3.99. The van der Waals surface area contributed by atoms with Crippen molar-refractivity contribution < 1.29 is 9.90 Å². The molecule has 1 saturated heterocycles. The standard InChI is InChI=1S/C14H20N2O2/c15-10-12(17)9-14(6-7-16-13(14)18)8-11-4-2-1-3-5-11/h1-5,12,17H,6-10,15H2,(H,16,18)/t12-,14+/m0/s1. The molecule has 1 aliphatic heterocycles. The predicted octanol–water partition coefficient (Wildman–Crippen LogP) is 0.445. The van der Waals surface area contributed by atoms with Crippen LogP contribution in [0.1, 0.15) is 18.4 Å². The van der Waals surface area contributed by atoms with E-state index in [1.165, 1.54) is 0 Å². The van der Waals surface area contributed by atoms with Gasteiger partial charge in [0.05, 0.1) is 11.5 Å². The van der Waals surface area contributed by atoms with E-state index in [2.05, 4.69) is 5.32 Å². The van der Waals surface area contributed by atoms with E-state index in [4.69, 9.17) is 5.73 Å².